The first-order valence-electron chi connectivity index (χ1n) is 9.86. The summed E-state index contributed by atoms with van der Waals surface area (Å²) in [6, 6.07) is 10.4. The van der Waals surface area contributed by atoms with Crippen LogP contribution >= 0.6 is 31.9 Å². The fourth-order valence-corrected chi connectivity index (χ4v) is 3.25. The van der Waals surface area contributed by atoms with E-state index >= 15 is 0 Å². The normalized spacial score (nSPS) is 10.7. The molecule has 3 amide bonds. The summed E-state index contributed by atoms with van der Waals surface area (Å²) in [5, 5.41) is 9.03. The van der Waals surface area contributed by atoms with E-state index in [2.05, 4.69) is 53.0 Å². The Morgan fingerprint density at radius 2 is 1.79 bits per heavy atom. The van der Waals surface area contributed by atoms with E-state index in [0.29, 0.717) is 33.8 Å². The molecule has 0 atom stereocenters. The van der Waals surface area contributed by atoms with Crippen molar-refractivity contribution in [1.82, 2.24) is 10.7 Å². The topological polar surface area (TPSA) is 118 Å². The van der Waals surface area contributed by atoms with Gasteiger partial charge in [0.05, 0.1) is 17.8 Å². The maximum absolute atomic E-state index is 12.2. The monoisotopic (exact) mass is 582 g/mol. The molecule has 0 radical (unpaired) electrons. The molecule has 2 aromatic carbocycles. The van der Waals surface area contributed by atoms with E-state index in [1.54, 1.807) is 24.3 Å². The molecule has 176 valence electrons. The van der Waals surface area contributed by atoms with E-state index in [-0.39, 0.29) is 18.4 Å². The Bertz CT molecular complexity index is 1030. The average Bonchev–Trinajstić information content (AvgIpc) is 2.77. The molecule has 0 saturated heterocycles. The number of hydrazone groups is 1. The molecule has 0 bridgehead atoms. The molecule has 0 fully saturated rings. The first-order valence-corrected chi connectivity index (χ1v) is 11.4. The number of hydrogen-bond acceptors (Lipinski definition) is 6. The molecule has 0 aliphatic rings. The maximum Gasteiger partial charge on any atom is 0.329 e. The lowest BCUT2D eigenvalue weighted by Gasteiger charge is -2.13. The largest absolute Gasteiger partial charge is 0.493 e. The van der Waals surface area contributed by atoms with E-state index in [4.69, 9.17) is 9.47 Å². The zero-order valence-electron chi connectivity index (χ0n) is 18.3. The smallest absolute Gasteiger partial charge is 0.329 e. The Kier molecular flexibility index (Phi) is 10.3. The van der Waals surface area contributed by atoms with Crippen LogP contribution < -0.4 is 25.5 Å². The molecule has 0 saturated carbocycles. The minimum atomic E-state index is -0.866. The predicted octanol–water partition coefficient (Wildman–Crippen LogP) is 3.46. The number of hydrogen-bond donors (Lipinski definition) is 3. The van der Waals surface area contributed by atoms with Gasteiger partial charge in [-0.15, -0.1) is 0 Å². The summed E-state index contributed by atoms with van der Waals surface area (Å²) in [6.07, 6.45) is 1.35. The number of amides is 3. The zero-order valence-corrected chi connectivity index (χ0v) is 21.4. The van der Waals surface area contributed by atoms with E-state index in [0.717, 1.165) is 4.47 Å². The molecule has 0 aliphatic carbocycles. The van der Waals surface area contributed by atoms with Crippen LogP contribution in [0.2, 0.25) is 0 Å². The standard InChI is InChI=1S/C22H24Br2N4O5/c1-13(2)10-25-21(30)22(31)28-26-11-14-8-17(24)20(18(9-14)32-3)33-12-19(29)27-16-6-4-15(23)5-7-16/h4-9,11,13H,10,12H2,1-3H3,(H,25,30)(H,27,29)(H,28,31)/b26-11+. The molecule has 2 aromatic rings. The summed E-state index contributed by atoms with van der Waals surface area (Å²) < 4.78 is 12.4. The molecular weight excluding hydrogens is 560 g/mol. The SMILES string of the molecule is COc1cc(/C=N/NC(=O)C(=O)NCC(C)C)cc(Br)c1OCC(=O)Nc1ccc(Br)cc1. The minimum absolute atomic E-state index is 0.225. The summed E-state index contributed by atoms with van der Waals surface area (Å²) in [6.45, 7) is 4.00. The number of ether oxygens (including phenoxy) is 2. The van der Waals surface area contributed by atoms with Gasteiger partial charge in [0.1, 0.15) is 0 Å². The average molecular weight is 584 g/mol. The van der Waals surface area contributed by atoms with E-state index < -0.39 is 11.8 Å². The molecule has 33 heavy (non-hydrogen) atoms. The van der Waals surface area contributed by atoms with Crippen molar-refractivity contribution in [2.45, 2.75) is 13.8 Å². The van der Waals surface area contributed by atoms with Gasteiger partial charge >= 0.3 is 11.8 Å². The van der Waals surface area contributed by atoms with Crippen LogP contribution in [-0.2, 0) is 14.4 Å². The van der Waals surface area contributed by atoms with Gasteiger partial charge in [0.15, 0.2) is 18.1 Å². The number of carbonyl (C=O) groups excluding carboxylic acids is 3. The fraction of sp³-hybridized carbons (Fsp3) is 0.273. The lowest BCUT2D eigenvalue weighted by Crippen LogP contribution is -2.39. The highest BCUT2D eigenvalue weighted by atomic mass is 79.9. The van der Waals surface area contributed by atoms with Crippen molar-refractivity contribution in [3.8, 4) is 11.5 Å². The third kappa shape index (κ3) is 8.85. The van der Waals surface area contributed by atoms with Crippen LogP contribution in [0.3, 0.4) is 0 Å². The highest BCUT2D eigenvalue weighted by Crippen LogP contribution is 2.36. The lowest BCUT2D eigenvalue weighted by atomic mass is 10.2. The van der Waals surface area contributed by atoms with E-state index in [1.807, 2.05) is 26.0 Å². The van der Waals surface area contributed by atoms with E-state index in [1.165, 1.54) is 13.3 Å². The molecule has 11 heteroatoms. The van der Waals surface area contributed by atoms with Gasteiger partial charge in [0.2, 0.25) is 0 Å². The number of nitrogens with one attached hydrogen (secondary N) is 3. The minimum Gasteiger partial charge on any atom is -0.493 e. The Hall–Kier alpha value is -2.92. The molecule has 0 spiro atoms. The zero-order chi connectivity index (χ0) is 24.4. The van der Waals surface area contributed by atoms with Gasteiger partial charge in [-0.05, 0) is 63.8 Å². The van der Waals surface area contributed by atoms with Crippen molar-refractivity contribution in [3.63, 3.8) is 0 Å². The number of carbonyl (C=O) groups is 3. The van der Waals surface area contributed by atoms with Crippen molar-refractivity contribution in [2.24, 2.45) is 11.0 Å². The molecule has 2 rings (SSSR count). The van der Waals surface area contributed by atoms with Crippen LogP contribution in [0.5, 0.6) is 11.5 Å². The summed E-state index contributed by atoms with van der Waals surface area (Å²) in [5.41, 5.74) is 3.37. The quantitative estimate of drug-likeness (QED) is 0.237. The van der Waals surface area contributed by atoms with Crippen LogP contribution in [0.1, 0.15) is 19.4 Å². The summed E-state index contributed by atoms with van der Waals surface area (Å²) in [4.78, 5) is 35.6. The number of methoxy groups -OCH3 is 1. The molecular formula is C22H24Br2N4O5. The number of anilines is 1. The Morgan fingerprint density at radius 1 is 1.09 bits per heavy atom. The summed E-state index contributed by atoms with van der Waals surface area (Å²) >= 11 is 6.73. The molecule has 3 N–H and O–H groups in total. The summed E-state index contributed by atoms with van der Waals surface area (Å²) in [5.74, 6) is -1.06. The van der Waals surface area contributed by atoms with Crippen molar-refractivity contribution in [1.29, 1.82) is 0 Å². The van der Waals surface area contributed by atoms with Gasteiger partial charge in [-0.3, -0.25) is 14.4 Å². The van der Waals surface area contributed by atoms with Gasteiger partial charge in [0.25, 0.3) is 5.91 Å². The van der Waals surface area contributed by atoms with Gasteiger partial charge in [0, 0.05) is 16.7 Å². The fourth-order valence-electron chi connectivity index (χ4n) is 2.42. The van der Waals surface area contributed by atoms with Crippen molar-refractivity contribution in [2.75, 3.05) is 25.6 Å². The molecule has 0 aliphatic heterocycles. The first kappa shape index (κ1) is 26.3. The third-order valence-corrected chi connectivity index (χ3v) is 5.10. The van der Waals surface area contributed by atoms with Gasteiger partial charge in [-0.1, -0.05) is 29.8 Å². The van der Waals surface area contributed by atoms with Gasteiger partial charge in [-0.25, -0.2) is 5.43 Å². The molecule has 0 aromatic heterocycles. The lowest BCUT2D eigenvalue weighted by molar-refractivity contribution is -0.139. The third-order valence-electron chi connectivity index (χ3n) is 3.98. The summed E-state index contributed by atoms with van der Waals surface area (Å²) in [7, 11) is 1.46. The van der Waals surface area contributed by atoms with Crippen LogP contribution in [0.15, 0.2) is 50.4 Å². The molecule has 0 heterocycles. The van der Waals surface area contributed by atoms with Crippen molar-refractivity contribution in [3.05, 3.63) is 50.9 Å². The Morgan fingerprint density at radius 3 is 2.42 bits per heavy atom. The Balaban J connectivity index is 1.97. The maximum atomic E-state index is 12.2. The molecule has 0 unspecified atom stereocenters. The van der Waals surface area contributed by atoms with Crippen molar-refractivity contribution >= 4 is 61.5 Å². The first-order chi connectivity index (χ1) is 15.7. The number of rotatable bonds is 9. The van der Waals surface area contributed by atoms with Gasteiger partial charge in [-0.2, -0.15) is 5.10 Å². The second kappa shape index (κ2) is 12.9. The van der Waals surface area contributed by atoms with Gasteiger partial charge < -0.3 is 20.1 Å². The van der Waals surface area contributed by atoms with E-state index in [9.17, 15) is 14.4 Å². The highest BCUT2D eigenvalue weighted by Gasteiger charge is 2.15. The van der Waals surface area contributed by atoms with Crippen LogP contribution in [0.25, 0.3) is 0 Å². The number of nitrogens with zero attached hydrogens (tertiary/aromatic N) is 1. The number of benzene rings is 2. The van der Waals surface area contributed by atoms with Crippen LogP contribution in [0, 0.1) is 5.92 Å². The number of halogens is 2. The van der Waals surface area contributed by atoms with Crippen LogP contribution in [-0.4, -0.2) is 44.2 Å². The highest BCUT2D eigenvalue weighted by molar-refractivity contribution is 9.10. The Labute approximate surface area is 208 Å². The predicted molar refractivity (Wildman–Crippen MR) is 133 cm³/mol. The second-order valence-electron chi connectivity index (χ2n) is 7.18. The molecule has 9 nitrogen and oxygen atoms in total. The second-order valence-corrected chi connectivity index (χ2v) is 8.95. The van der Waals surface area contributed by atoms with Crippen LogP contribution in [0.4, 0.5) is 5.69 Å². The van der Waals surface area contributed by atoms with Crippen molar-refractivity contribution < 1.29 is 23.9 Å².